The molecule has 1 aromatic heterocycles. The number of nitriles is 1. The van der Waals surface area contributed by atoms with Crippen LogP contribution in [0.25, 0.3) is 26.7 Å². The average molecular weight is 458 g/mol. The van der Waals surface area contributed by atoms with Gasteiger partial charge in [0.1, 0.15) is 6.10 Å². The lowest BCUT2D eigenvalue weighted by atomic mass is 9.92. The molecular formula is C29H19N3OS. The van der Waals surface area contributed by atoms with Crippen LogP contribution in [0, 0.1) is 17.9 Å². The molecule has 0 bridgehead atoms. The smallest absolute Gasteiger partial charge is 0.187 e. The third-order valence-corrected chi connectivity index (χ3v) is 6.56. The Morgan fingerprint density at radius 1 is 0.971 bits per heavy atom. The zero-order valence-electron chi connectivity index (χ0n) is 18.2. The highest BCUT2D eigenvalue weighted by atomic mass is 32.1. The van der Waals surface area contributed by atoms with Gasteiger partial charge in [-0.3, -0.25) is 4.98 Å². The Morgan fingerprint density at radius 2 is 1.79 bits per heavy atom. The highest BCUT2D eigenvalue weighted by Crippen LogP contribution is 2.36. The zero-order chi connectivity index (χ0) is 23.3. The Bertz CT molecular complexity index is 1520. The van der Waals surface area contributed by atoms with Crippen molar-refractivity contribution in [1.82, 2.24) is 4.98 Å². The molecular weight excluding hydrogens is 438 g/mol. The molecule has 0 spiro atoms. The third-order valence-electron chi connectivity index (χ3n) is 5.74. The van der Waals surface area contributed by atoms with Crippen LogP contribution < -0.4 is 0 Å². The molecule has 0 saturated carbocycles. The van der Waals surface area contributed by atoms with E-state index in [-0.39, 0.29) is 6.10 Å². The summed E-state index contributed by atoms with van der Waals surface area (Å²) in [6.07, 6.45) is 1.50. The van der Waals surface area contributed by atoms with E-state index >= 15 is 0 Å². The normalized spacial score (nSPS) is 11.6. The molecule has 0 N–H and O–H groups in total. The highest BCUT2D eigenvalue weighted by Gasteiger charge is 2.19. The van der Waals surface area contributed by atoms with E-state index < -0.39 is 0 Å². The van der Waals surface area contributed by atoms with Crippen molar-refractivity contribution < 1.29 is 4.74 Å². The lowest BCUT2D eigenvalue weighted by Gasteiger charge is -2.19. The molecule has 0 amide bonds. The van der Waals surface area contributed by atoms with Crippen molar-refractivity contribution in [3.8, 4) is 17.2 Å². The van der Waals surface area contributed by atoms with Crippen LogP contribution >= 0.6 is 11.3 Å². The molecule has 0 saturated heterocycles. The summed E-state index contributed by atoms with van der Waals surface area (Å²) < 4.78 is 6.39. The Morgan fingerprint density at radius 3 is 2.56 bits per heavy atom. The minimum atomic E-state index is -0.325. The van der Waals surface area contributed by atoms with Crippen molar-refractivity contribution in [3.63, 3.8) is 0 Å². The van der Waals surface area contributed by atoms with Gasteiger partial charge in [0.05, 0.1) is 35.2 Å². The minimum Gasteiger partial charge on any atom is -0.363 e. The zero-order valence-corrected chi connectivity index (χ0v) is 19.0. The fraction of sp³-hybridized carbons (Fsp3) is 0.0690. The second-order valence-electron chi connectivity index (χ2n) is 7.82. The second kappa shape index (κ2) is 9.68. The van der Waals surface area contributed by atoms with Crippen LogP contribution in [0.15, 0.2) is 96.6 Å². The Hall–Kier alpha value is -4.29. The molecule has 0 fully saturated rings. The standard InChI is InChI=1S/C29H19N3OS/c1-31-24-13-9-20(10-14-24)18-33-29(28-17-32-19-34-28)22-11-12-23(16-30)27(15-22)26-8-4-6-21-5-2-3-7-25(21)26/h2-15,17,19,29H,18H2. The van der Waals surface area contributed by atoms with E-state index in [0.717, 1.165) is 37.9 Å². The predicted molar refractivity (Wildman–Crippen MR) is 136 cm³/mol. The van der Waals surface area contributed by atoms with Gasteiger partial charge in [-0.25, -0.2) is 4.85 Å². The maximum Gasteiger partial charge on any atom is 0.187 e. The first kappa shape index (κ1) is 21.6. The molecule has 0 radical (unpaired) electrons. The number of nitrogens with zero attached hydrogens (tertiary/aromatic N) is 3. The van der Waals surface area contributed by atoms with Crippen molar-refractivity contribution >= 4 is 27.8 Å². The number of ether oxygens (including phenoxy) is 1. The van der Waals surface area contributed by atoms with Gasteiger partial charge in [-0.05, 0) is 39.6 Å². The number of aromatic nitrogens is 1. The van der Waals surface area contributed by atoms with Crippen LogP contribution in [0.4, 0.5) is 5.69 Å². The lowest BCUT2D eigenvalue weighted by Crippen LogP contribution is -2.06. The molecule has 5 aromatic rings. The quantitative estimate of drug-likeness (QED) is 0.246. The molecule has 0 aliphatic rings. The van der Waals surface area contributed by atoms with Gasteiger partial charge in [0.2, 0.25) is 0 Å². The predicted octanol–water partition coefficient (Wildman–Crippen LogP) is 7.69. The SMILES string of the molecule is [C-]#[N+]c1ccc(COC(c2ccc(C#N)c(-c3cccc4ccccc34)c2)c2cncs2)cc1. The summed E-state index contributed by atoms with van der Waals surface area (Å²) in [6.45, 7) is 7.52. The summed E-state index contributed by atoms with van der Waals surface area (Å²) in [5.41, 5.74) is 6.89. The Balaban J connectivity index is 1.55. The van der Waals surface area contributed by atoms with Crippen LogP contribution in [-0.2, 0) is 11.3 Å². The summed E-state index contributed by atoms with van der Waals surface area (Å²) >= 11 is 1.54. The number of benzene rings is 4. The van der Waals surface area contributed by atoms with Crippen molar-refractivity contribution in [2.45, 2.75) is 12.7 Å². The first-order chi connectivity index (χ1) is 16.8. The third kappa shape index (κ3) is 4.31. The molecule has 5 rings (SSSR count). The molecule has 34 heavy (non-hydrogen) atoms. The Labute approximate surface area is 202 Å². The van der Waals surface area contributed by atoms with E-state index in [1.165, 1.54) is 0 Å². The van der Waals surface area contributed by atoms with Crippen molar-refractivity contribution in [2.75, 3.05) is 0 Å². The molecule has 1 unspecified atom stereocenters. The van der Waals surface area contributed by atoms with E-state index in [9.17, 15) is 5.26 Å². The maximum atomic E-state index is 9.85. The topological polar surface area (TPSA) is 50.3 Å². The van der Waals surface area contributed by atoms with Gasteiger partial charge in [0.25, 0.3) is 0 Å². The van der Waals surface area contributed by atoms with Gasteiger partial charge in [0.15, 0.2) is 5.69 Å². The van der Waals surface area contributed by atoms with E-state index in [2.05, 4.69) is 46.2 Å². The molecule has 0 aliphatic carbocycles. The van der Waals surface area contributed by atoms with Crippen molar-refractivity contribution in [2.24, 2.45) is 0 Å². The van der Waals surface area contributed by atoms with E-state index in [1.54, 1.807) is 29.0 Å². The molecule has 1 heterocycles. The van der Waals surface area contributed by atoms with Gasteiger partial charge in [-0.15, -0.1) is 11.3 Å². The van der Waals surface area contributed by atoms with E-state index in [1.807, 2.05) is 48.7 Å². The summed E-state index contributed by atoms with van der Waals surface area (Å²) in [5, 5.41) is 12.1. The molecule has 162 valence electrons. The molecule has 1 atom stereocenters. The van der Waals surface area contributed by atoms with Gasteiger partial charge in [-0.2, -0.15) is 5.26 Å². The number of rotatable bonds is 6. The molecule has 0 aliphatic heterocycles. The van der Waals surface area contributed by atoms with Crippen LogP contribution in [0.1, 0.15) is 27.7 Å². The Kier molecular flexibility index (Phi) is 6.14. The molecule has 4 aromatic carbocycles. The summed E-state index contributed by atoms with van der Waals surface area (Å²) in [5.74, 6) is 0. The minimum absolute atomic E-state index is 0.325. The van der Waals surface area contributed by atoms with E-state index in [4.69, 9.17) is 11.3 Å². The van der Waals surface area contributed by atoms with Gasteiger partial charge >= 0.3 is 0 Å². The van der Waals surface area contributed by atoms with Crippen molar-refractivity contribution in [1.29, 1.82) is 5.26 Å². The summed E-state index contributed by atoms with van der Waals surface area (Å²) in [7, 11) is 0. The van der Waals surface area contributed by atoms with Gasteiger partial charge in [0, 0.05) is 11.8 Å². The summed E-state index contributed by atoms with van der Waals surface area (Å²) in [4.78, 5) is 8.69. The van der Waals surface area contributed by atoms with Gasteiger partial charge < -0.3 is 4.74 Å². The number of fused-ring (bicyclic) bond motifs is 1. The number of hydrogen-bond acceptors (Lipinski definition) is 4. The largest absolute Gasteiger partial charge is 0.363 e. The second-order valence-corrected chi connectivity index (χ2v) is 8.73. The van der Waals surface area contributed by atoms with Crippen LogP contribution in [0.2, 0.25) is 0 Å². The number of hydrogen-bond donors (Lipinski definition) is 0. The molecule has 5 heteroatoms. The van der Waals surface area contributed by atoms with Crippen LogP contribution in [0.5, 0.6) is 0 Å². The number of thiazole rings is 1. The monoisotopic (exact) mass is 457 g/mol. The average Bonchev–Trinajstić information content (AvgIpc) is 3.43. The van der Waals surface area contributed by atoms with Crippen LogP contribution in [-0.4, -0.2) is 4.98 Å². The van der Waals surface area contributed by atoms with E-state index in [0.29, 0.717) is 17.9 Å². The van der Waals surface area contributed by atoms with Crippen molar-refractivity contribution in [3.05, 3.63) is 130 Å². The van der Waals surface area contributed by atoms with Crippen LogP contribution in [0.3, 0.4) is 0 Å². The fourth-order valence-corrected chi connectivity index (χ4v) is 4.74. The highest BCUT2D eigenvalue weighted by molar-refractivity contribution is 7.09. The van der Waals surface area contributed by atoms with Gasteiger partial charge in [-0.1, -0.05) is 72.8 Å². The maximum absolute atomic E-state index is 9.85. The summed E-state index contributed by atoms with van der Waals surface area (Å²) in [6, 6.07) is 30.0. The molecule has 4 nitrogen and oxygen atoms in total. The lowest BCUT2D eigenvalue weighted by molar-refractivity contribution is 0.0689. The fourth-order valence-electron chi connectivity index (χ4n) is 4.05. The first-order valence-corrected chi connectivity index (χ1v) is 11.6. The first-order valence-electron chi connectivity index (χ1n) is 10.8.